The van der Waals surface area contributed by atoms with Crippen molar-refractivity contribution in [1.29, 1.82) is 0 Å². The van der Waals surface area contributed by atoms with Crippen LogP contribution in [0.25, 0.3) is 0 Å². The number of carbonyl (C=O) groups excluding carboxylic acids is 3. The number of hydrogen-bond donors (Lipinski definition) is 0. The minimum absolute atomic E-state index is 0.0335. The lowest BCUT2D eigenvalue weighted by molar-refractivity contribution is -0.136. The second kappa shape index (κ2) is 13.0. The monoisotopic (exact) mass is 556 g/mol. The summed E-state index contributed by atoms with van der Waals surface area (Å²) < 4.78 is 11.8. The number of nitrogens with zero attached hydrogens (tertiary/aromatic N) is 2. The highest BCUT2D eigenvalue weighted by Crippen LogP contribution is 2.30. The molecule has 41 heavy (non-hydrogen) atoms. The van der Waals surface area contributed by atoms with Crippen LogP contribution >= 0.6 is 0 Å². The van der Waals surface area contributed by atoms with Crippen molar-refractivity contribution in [2.75, 3.05) is 19.6 Å². The van der Waals surface area contributed by atoms with Crippen LogP contribution in [0.2, 0.25) is 0 Å². The van der Waals surface area contributed by atoms with Crippen LogP contribution in [-0.4, -0.2) is 59.4 Å². The van der Waals surface area contributed by atoms with Crippen LogP contribution in [0.5, 0.6) is 11.5 Å². The highest BCUT2D eigenvalue weighted by atomic mass is 16.6. The van der Waals surface area contributed by atoms with Gasteiger partial charge in [-0.15, -0.1) is 0 Å². The fourth-order valence-electron chi connectivity index (χ4n) is 5.10. The van der Waals surface area contributed by atoms with Gasteiger partial charge in [0.25, 0.3) is 0 Å². The summed E-state index contributed by atoms with van der Waals surface area (Å²) in [4.78, 5) is 41.8. The largest absolute Gasteiger partial charge is 0.456 e. The molecule has 0 radical (unpaired) electrons. The summed E-state index contributed by atoms with van der Waals surface area (Å²) in [5.41, 5.74) is 3.96. The Morgan fingerprint density at radius 2 is 1.61 bits per heavy atom. The number of ether oxygens (including phenoxy) is 2. The molecule has 0 N–H and O–H groups in total. The molecule has 0 bridgehead atoms. The van der Waals surface area contributed by atoms with E-state index in [0.717, 1.165) is 28.5 Å². The summed E-state index contributed by atoms with van der Waals surface area (Å²) in [5.74, 6) is 1.15. The Hall–Kier alpha value is -4.13. The lowest BCUT2D eigenvalue weighted by Gasteiger charge is -2.42. The Morgan fingerprint density at radius 1 is 0.927 bits per heavy atom. The van der Waals surface area contributed by atoms with E-state index in [-0.39, 0.29) is 18.0 Å². The fraction of sp³-hybridized carbons (Fsp3) is 0.382. The highest BCUT2D eigenvalue weighted by Gasteiger charge is 2.34. The van der Waals surface area contributed by atoms with Gasteiger partial charge in [-0.2, -0.15) is 0 Å². The summed E-state index contributed by atoms with van der Waals surface area (Å²) >= 11 is 0. The first-order valence-corrected chi connectivity index (χ1v) is 14.2. The van der Waals surface area contributed by atoms with Gasteiger partial charge in [0.05, 0.1) is 11.6 Å². The van der Waals surface area contributed by atoms with Crippen molar-refractivity contribution in [2.24, 2.45) is 0 Å². The molecule has 4 rings (SSSR count). The lowest BCUT2D eigenvalue weighted by Crippen LogP contribution is -2.57. The smallest absolute Gasteiger partial charge is 0.410 e. The van der Waals surface area contributed by atoms with E-state index in [1.54, 1.807) is 17.0 Å². The fourth-order valence-corrected chi connectivity index (χ4v) is 5.10. The van der Waals surface area contributed by atoms with Crippen molar-refractivity contribution < 1.29 is 23.9 Å². The van der Waals surface area contributed by atoms with E-state index in [0.29, 0.717) is 56.0 Å². The quantitative estimate of drug-likeness (QED) is 0.295. The number of carbonyl (C=O) groups is 3. The van der Waals surface area contributed by atoms with E-state index in [1.165, 1.54) is 0 Å². The van der Waals surface area contributed by atoms with Crippen LogP contribution in [-0.2, 0) is 22.4 Å². The van der Waals surface area contributed by atoms with Crippen LogP contribution in [0.15, 0.2) is 66.7 Å². The molecule has 0 unspecified atom stereocenters. The summed E-state index contributed by atoms with van der Waals surface area (Å²) in [6, 6.07) is 21.2. The number of aldehydes is 1. The zero-order valence-corrected chi connectivity index (χ0v) is 24.7. The molecule has 1 fully saturated rings. The first-order valence-electron chi connectivity index (χ1n) is 14.2. The minimum Gasteiger partial charge on any atom is -0.456 e. The molecule has 1 aliphatic heterocycles. The number of hydrogen-bond acceptors (Lipinski definition) is 5. The Morgan fingerprint density at radius 3 is 2.29 bits per heavy atom. The van der Waals surface area contributed by atoms with E-state index in [2.05, 4.69) is 0 Å². The second-order valence-electron chi connectivity index (χ2n) is 11.7. The molecule has 0 aliphatic carbocycles. The molecule has 1 atom stereocenters. The third-order valence-electron chi connectivity index (χ3n) is 7.11. The molecule has 0 saturated carbocycles. The molecular formula is C34H40N2O5. The Bertz CT molecular complexity index is 1380. The van der Waals surface area contributed by atoms with E-state index in [9.17, 15) is 14.4 Å². The van der Waals surface area contributed by atoms with Crippen molar-refractivity contribution in [3.63, 3.8) is 0 Å². The van der Waals surface area contributed by atoms with Crippen LogP contribution in [0.4, 0.5) is 4.79 Å². The normalized spacial score (nSPS) is 15.4. The topological polar surface area (TPSA) is 76.2 Å². The Balaban J connectivity index is 1.49. The first-order chi connectivity index (χ1) is 19.5. The number of benzene rings is 3. The summed E-state index contributed by atoms with van der Waals surface area (Å²) in [6.45, 7) is 10.8. The maximum atomic E-state index is 13.7. The molecule has 1 heterocycles. The van der Waals surface area contributed by atoms with Crippen molar-refractivity contribution >= 4 is 18.3 Å². The number of rotatable bonds is 8. The van der Waals surface area contributed by atoms with E-state index in [4.69, 9.17) is 9.47 Å². The average Bonchev–Trinajstić information content (AvgIpc) is 2.93. The van der Waals surface area contributed by atoms with E-state index >= 15 is 0 Å². The third-order valence-corrected chi connectivity index (χ3v) is 7.11. The van der Waals surface area contributed by atoms with Crippen LogP contribution < -0.4 is 4.74 Å². The van der Waals surface area contributed by atoms with Gasteiger partial charge >= 0.3 is 6.09 Å². The van der Waals surface area contributed by atoms with Crippen LogP contribution in [0, 0.1) is 13.8 Å². The highest BCUT2D eigenvalue weighted by molar-refractivity contribution is 5.80. The molecule has 3 aromatic carbocycles. The molecular weight excluding hydrogens is 516 g/mol. The Labute approximate surface area is 243 Å². The van der Waals surface area contributed by atoms with Crippen LogP contribution in [0.1, 0.15) is 59.8 Å². The second-order valence-corrected chi connectivity index (χ2v) is 11.7. The molecule has 0 spiro atoms. The minimum atomic E-state index is -0.586. The summed E-state index contributed by atoms with van der Waals surface area (Å²) in [6.07, 6.45) is 1.87. The van der Waals surface area contributed by atoms with Crippen LogP contribution in [0.3, 0.4) is 0 Å². The average molecular weight is 557 g/mol. The van der Waals surface area contributed by atoms with Gasteiger partial charge in [0.2, 0.25) is 5.91 Å². The van der Waals surface area contributed by atoms with Gasteiger partial charge in [-0.1, -0.05) is 59.7 Å². The molecule has 216 valence electrons. The lowest BCUT2D eigenvalue weighted by atomic mass is 10.0. The molecule has 7 heteroatoms. The zero-order valence-electron chi connectivity index (χ0n) is 24.7. The SMILES string of the molecule is Cc1ccc(Oc2ccc(C)cc2CCC(=O)N2CCN(C(=O)OC(C)(C)C)C[C@H]2Cc2ccccc2)c(C=O)c1. The Kier molecular flexibility index (Phi) is 9.48. The van der Waals surface area contributed by atoms with Gasteiger partial charge in [0.1, 0.15) is 17.1 Å². The summed E-state index contributed by atoms with van der Waals surface area (Å²) in [7, 11) is 0. The first kappa shape index (κ1) is 29.8. The molecule has 1 aliphatic rings. The van der Waals surface area contributed by atoms with Crippen molar-refractivity contribution in [2.45, 2.75) is 65.5 Å². The number of piperazine rings is 1. The predicted octanol–water partition coefficient (Wildman–Crippen LogP) is 6.53. The molecule has 7 nitrogen and oxygen atoms in total. The third kappa shape index (κ3) is 8.19. The van der Waals surface area contributed by atoms with E-state index in [1.807, 2.05) is 94.1 Å². The zero-order chi connectivity index (χ0) is 29.6. The van der Waals surface area contributed by atoms with Gasteiger partial charge in [-0.05, 0) is 76.8 Å². The van der Waals surface area contributed by atoms with Gasteiger partial charge in [-0.3, -0.25) is 9.59 Å². The van der Waals surface area contributed by atoms with Crippen molar-refractivity contribution in [3.05, 3.63) is 94.5 Å². The van der Waals surface area contributed by atoms with Gasteiger partial charge < -0.3 is 19.3 Å². The molecule has 0 aromatic heterocycles. The number of aryl methyl sites for hydroxylation is 3. The standard InChI is InChI=1S/C34H40N2O5/c1-24-11-14-30(40-31-15-12-25(2)20-28(31)23-37)27(19-24)13-16-32(38)36-18-17-35(33(39)41-34(3,4)5)22-29(36)21-26-9-7-6-8-10-26/h6-12,14-15,19-20,23,29H,13,16-18,21-22H2,1-5H3/t29-/m1/s1. The maximum absolute atomic E-state index is 13.7. The summed E-state index contributed by atoms with van der Waals surface area (Å²) in [5, 5.41) is 0. The maximum Gasteiger partial charge on any atom is 0.410 e. The number of amides is 2. The molecule has 1 saturated heterocycles. The van der Waals surface area contributed by atoms with Crippen molar-refractivity contribution in [1.82, 2.24) is 9.80 Å². The van der Waals surface area contributed by atoms with E-state index < -0.39 is 5.60 Å². The van der Waals surface area contributed by atoms with Gasteiger partial charge in [0, 0.05) is 26.1 Å². The van der Waals surface area contributed by atoms with Gasteiger partial charge in [-0.25, -0.2) is 4.79 Å². The van der Waals surface area contributed by atoms with Gasteiger partial charge in [0.15, 0.2) is 6.29 Å². The van der Waals surface area contributed by atoms with Crippen molar-refractivity contribution in [3.8, 4) is 11.5 Å². The molecule has 2 amide bonds. The predicted molar refractivity (Wildman–Crippen MR) is 160 cm³/mol. The molecule has 3 aromatic rings.